The van der Waals surface area contributed by atoms with Crippen LogP contribution in [-0.4, -0.2) is 24.2 Å². The molecule has 0 radical (unpaired) electrons. The maximum atomic E-state index is 12.5. The summed E-state index contributed by atoms with van der Waals surface area (Å²) in [6, 6.07) is 10.2. The number of aromatic nitrogens is 2. The second kappa shape index (κ2) is 6.73. The van der Waals surface area contributed by atoms with Crippen LogP contribution in [-0.2, 0) is 10.0 Å². The molecule has 3 rings (SSSR count). The highest BCUT2D eigenvalue weighted by molar-refractivity contribution is 7.93. The number of aryl methyl sites for hydroxylation is 1. The zero-order valence-corrected chi connectivity index (χ0v) is 15.2. The number of nitrogens with one attached hydrogen (secondary N) is 1. The Morgan fingerprint density at radius 2 is 1.84 bits per heavy atom. The largest absolute Gasteiger partial charge is 0.294 e. The molecule has 1 N–H and O–H groups in total. The highest BCUT2D eigenvalue weighted by Gasteiger charge is 2.19. The number of rotatable bonds is 5. The Morgan fingerprint density at radius 3 is 2.40 bits per heavy atom. The molecule has 0 saturated carbocycles. The SMILES string of the molecule is CC(=O)c1sc(NS(=O)(=O)c2ccc(-c3cccnc3)cc2)nc1C. The van der Waals surface area contributed by atoms with E-state index in [1.807, 2.05) is 12.1 Å². The van der Waals surface area contributed by atoms with E-state index in [4.69, 9.17) is 0 Å². The molecule has 0 aliphatic heterocycles. The molecule has 0 amide bonds. The van der Waals surface area contributed by atoms with Crippen LogP contribution in [0.2, 0.25) is 0 Å². The number of nitrogens with zero attached hydrogens (tertiary/aromatic N) is 2. The van der Waals surface area contributed by atoms with Crippen LogP contribution in [0.15, 0.2) is 53.7 Å². The number of carbonyl (C=O) groups is 1. The Bertz CT molecular complexity index is 1010. The molecule has 0 spiro atoms. The lowest BCUT2D eigenvalue weighted by Crippen LogP contribution is -2.12. The topological polar surface area (TPSA) is 89.0 Å². The van der Waals surface area contributed by atoms with E-state index in [1.54, 1.807) is 31.5 Å². The summed E-state index contributed by atoms with van der Waals surface area (Å²) in [5.74, 6) is -0.138. The van der Waals surface area contributed by atoms with Crippen LogP contribution in [0.1, 0.15) is 22.3 Å². The zero-order chi connectivity index (χ0) is 18.0. The van der Waals surface area contributed by atoms with Gasteiger partial charge in [0.25, 0.3) is 10.0 Å². The van der Waals surface area contributed by atoms with Gasteiger partial charge in [0.15, 0.2) is 10.9 Å². The third-order valence-corrected chi connectivity index (χ3v) is 6.16. The number of ketones is 1. The Morgan fingerprint density at radius 1 is 1.12 bits per heavy atom. The minimum Gasteiger partial charge on any atom is -0.294 e. The van der Waals surface area contributed by atoms with Gasteiger partial charge in [-0.2, -0.15) is 0 Å². The van der Waals surface area contributed by atoms with E-state index in [1.165, 1.54) is 19.1 Å². The fourth-order valence-corrected chi connectivity index (χ4v) is 4.40. The van der Waals surface area contributed by atoms with Gasteiger partial charge in [-0.1, -0.05) is 29.5 Å². The third kappa shape index (κ3) is 3.75. The number of pyridine rings is 1. The molecule has 3 aromatic rings. The predicted octanol–water partition coefficient (Wildman–Crippen LogP) is 3.52. The van der Waals surface area contributed by atoms with Crippen molar-refractivity contribution in [3.63, 3.8) is 0 Å². The first-order valence-electron chi connectivity index (χ1n) is 7.38. The number of sulfonamides is 1. The van der Waals surface area contributed by atoms with Crippen molar-refractivity contribution >= 4 is 32.3 Å². The summed E-state index contributed by atoms with van der Waals surface area (Å²) in [5.41, 5.74) is 2.29. The van der Waals surface area contributed by atoms with E-state index in [-0.39, 0.29) is 15.8 Å². The standard InChI is InChI=1S/C17H15N3O3S2/c1-11-16(12(2)21)24-17(19-11)20-25(22,23)15-7-5-13(6-8-15)14-4-3-9-18-10-14/h3-10H,1-2H3,(H,19,20). The minimum absolute atomic E-state index is 0.123. The summed E-state index contributed by atoms with van der Waals surface area (Å²) in [5, 5.41) is 0.180. The quantitative estimate of drug-likeness (QED) is 0.691. The van der Waals surface area contributed by atoms with E-state index < -0.39 is 10.0 Å². The Labute approximate surface area is 149 Å². The van der Waals surface area contributed by atoms with Gasteiger partial charge in [-0.25, -0.2) is 13.4 Å². The van der Waals surface area contributed by atoms with Gasteiger partial charge in [0.1, 0.15) is 0 Å². The Hall–Kier alpha value is -2.58. The average Bonchev–Trinajstić information content (AvgIpc) is 2.95. The third-order valence-electron chi connectivity index (χ3n) is 3.50. The number of thiazole rings is 1. The molecule has 2 aromatic heterocycles. The van der Waals surface area contributed by atoms with Crippen LogP contribution in [0.5, 0.6) is 0 Å². The molecule has 1 aromatic carbocycles. The summed E-state index contributed by atoms with van der Waals surface area (Å²) in [6.07, 6.45) is 3.39. The number of hydrogen-bond donors (Lipinski definition) is 1. The highest BCUT2D eigenvalue weighted by Crippen LogP contribution is 2.26. The van der Waals surface area contributed by atoms with Crippen molar-refractivity contribution in [2.45, 2.75) is 18.7 Å². The Kier molecular flexibility index (Phi) is 4.65. The number of benzene rings is 1. The normalized spacial score (nSPS) is 11.3. The minimum atomic E-state index is -3.77. The van der Waals surface area contributed by atoms with E-state index in [0.29, 0.717) is 10.6 Å². The lowest BCUT2D eigenvalue weighted by atomic mass is 10.1. The maximum Gasteiger partial charge on any atom is 0.263 e. The van der Waals surface area contributed by atoms with Gasteiger partial charge in [-0.3, -0.25) is 14.5 Å². The van der Waals surface area contributed by atoms with Crippen LogP contribution in [0, 0.1) is 6.92 Å². The van der Waals surface area contributed by atoms with Crippen molar-refractivity contribution in [3.05, 3.63) is 59.4 Å². The monoisotopic (exact) mass is 373 g/mol. The van der Waals surface area contributed by atoms with E-state index in [0.717, 1.165) is 22.5 Å². The first-order chi connectivity index (χ1) is 11.9. The predicted molar refractivity (Wildman–Crippen MR) is 97.3 cm³/mol. The number of hydrogen-bond acceptors (Lipinski definition) is 6. The molecule has 6 nitrogen and oxygen atoms in total. The summed E-state index contributed by atoms with van der Waals surface area (Å²) in [4.78, 5) is 20.2. The van der Waals surface area contributed by atoms with Gasteiger partial charge in [0.2, 0.25) is 0 Å². The van der Waals surface area contributed by atoms with Crippen molar-refractivity contribution in [3.8, 4) is 11.1 Å². The van der Waals surface area contributed by atoms with Gasteiger partial charge in [0, 0.05) is 19.3 Å². The lowest BCUT2D eigenvalue weighted by molar-refractivity contribution is 0.102. The Balaban J connectivity index is 1.85. The summed E-state index contributed by atoms with van der Waals surface area (Å²) in [7, 11) is -3.77. The van der Waals surface area contributed by atoms with Crippen LogP contribution in [0.4, 0.5) is 5.13 Å². The molecule has 2 heterocycles. The highest BCUT2D eigenvalue weighted by atomic mass is 32.2. The first-order valence-corrected chi connectivity index (χ1v) is 9.68. The maximum absolute atomic E-state index is 12.5. The molecular weight excluding hydrogens is 358 g/mol. The summed E-state index contributed by atoms with van der Waals surface area (Å²) >= 11 is 1.03. The number of carbonyl (C=O) groups excluding carboxylic acids is 1. The first kappa shape index (κ1) is 17.2. The van der Waals surface area contributed by atoms with Gasteiger partial charge >= 0.3 is 0 Å². The van der Waals surface area contributed by atoms with Crippen LogP contribution in [0.3, 0.4) is 0 Å². The van der Waals surface area contributed by atoms with E-state index in [9.17, 15) is 13.2 Å². The molecule has 0 aliphatic carbocycles. The fraction of sp³-hybridized carbons (Fsp3) is 0.118. The van der Waals surface area contributed by atoms with Crippen molar-refractivity contribution in [1.29, 1.82) is 0 Å². The van der Waals surface area contributed by atoms with Gasteiger partial charge < -0.3 is 0 Å². The molecule has 25 heavy (non-hydrogen) atoms. The smallest absolute Gasteiger partial charge is 0.263 e. The fourth-order valence-electron chi connectivity index (χ4n) is 2.30. The van der Waals surface area contributed by atoms with Gasteiger partial charge in [0.05, 0.1) is 15.5 Å². The second-order valence-corrected chi connectivity index (χ2v) is 8.04. The summed E-state index contributed by atoms with van der Waals surface area (Å²) < 4.78 is 27.4. The number of Topliss-reactive ketones (excluding diaryl/α,β-unsaturated/α-hetero) is 1. The van der Waals surface area contributed by atoms with E-state index in [2.05, 4.69) is 14.7 Å². The zero-order valence-electron chi connectivity index (χ0n) is 13.6. The molecule has 0 bridgehead atoms. The van der Waals surface area contributed by atoms with Crippen LogP contribution < -0.4 is 4.72 Å². The molecular formula is C17H15N3O3S2. The molecule has 0 atom stereocenters. The van der Waals surface area contributed by atoms with Crippen molar-refractivity contribution in [1.82, 2.24) is 9.97 Å². The van der Waals surface area contributed by atoms with Crippen LogP contribution in [0.25, 0.3) is 11.1 Å². The second-order valence-electron chi connectivity index (χ2n) is 5.36. The molecule has 0 aliphatic rings. The van der Waals surface area contributed by atoms with Gasteiger partial charge in [-0.05, 0) is 36.2 Å². The summed E-state index contributed by atoms with van der Waals surface area (Å²) in [6.45, 7) is 3.10. The van der Waals surface area contributed by atoms with E-state index >= 15 is 0 Å². The molecule has 128 valence electrons. The molecule has 0 unspecified atom stereocenters. The number of anilines is 1. The van der Waals surface area contributed by atoms with Crippen molar-refractivity contribution < 1.29 is 13.2 Å². The average molecular weight is 373 g/mol. The molecule has 0 saturated heterocycles. The lowest BCUT2D eigenvalue weighted by Gasteiger charge is -2.06. The van der Waals surface area contributed by atoms with Crippen LogP contribution >= 0.6 is 11.3 Å². The molecule has 0 fully saturated rings. The van der Waals surface area contributed by atoms with Gasteiger partial charge in [-0.15, -0.1) is 0 Å². The van der Waals surface area contributed by atoms with Crippen molar-refractivity contribution in [2.75, 3.05) is 4.72 Å². The van der Waals surface area contributed by atoms with Crippen molar-refractivity contribution in [2.24, 2.45) is 0 Å². The molecule has 8 heteroatoms.